The Morgan fingerprint density at radius 1 is 1.08 bits per heavy atom. The summed E-state index contributed by atoms with van der Waals surface area (Å²) in [6.45, 7) is 6.07. The minimum Gasteiger partial charge on any atom is -0.477 e. The number of amides is 2. The van der Waals surface area contributed by atoms with Crippen molar-refractivity contribution in [2.75, 3.05) is 18.4 Å². The van der Waals surface area contributed by atoms with Crippen LogP contribution < -0.4 is 15.8 Å². The van der Waals surface area contributed by atoms with E-state index in [9.17, 15) is 9.59 Å². The van der Waals surface area contributed by atoms with Gasteiger partial charge in [-0.05, 0) is 79.7 Å². The van der Waals surface area contributed by atoms with Crippen molar-refractivity contribution >= 4 is 46.5 Å². The van der Waals surface area contributed by atoms with Gasteiger partial charge in [-0.15, -0.1) is 11.3 Å². The van der Waals surface area contributed by atoms with Crippen molar-refractivity contribution in [3.63, 3.8) is 0 Å². The third-order valence-electron chi connectivity index (χ3n) is 6.08. The maximum Gasteiger partial charge on any atom is 0.410 e. The molecule has 4 N–H and O–H groups in total. The molecule has 8 nitrogen and oxygen atoms in total. The Labute approximate surface area is 231 Å². The van der Waals surface area contributed by atoms with Crippen LogP contribution in [-0.4, -0.2) is 47.0 Å². The lowest BCUT2D eigenvalue weighted by Crippen LogP contribution is -2.56. The first-order chi connectivity index (χ1) is 17.9. The molecule has 3 aromatic rings. The summed E-state index contributed by atoms with van der Waals surface area (Å²) < 4.78 is 11.8. The molecule has 0 spiro atoms. The fourth-order valence-electron chi connectivity index (χ4n) is 4.13. The highest BCUT2D eigenvalue weighted by molar-refractivity contribution is 7.12. The molecule has 2 heterocycles. The number of halogens is 1. The molecule has 1 aromatic heterocycles. The van der Waals surface area contributed by atoms with Crippen LogP contribution in [0.2, 0.25) is 5.02 Å². The summed E-state index contributed by atoms with van der Waals surface area (Å²) >= 11 is 7.43. The summed E-state index contributed by atoms with van der Waals surface area (Å²) in [7, 11) is 0. The number of likely N-dealkylation sites (tertiary alicyclic amines) is 1. The van der Waals surface area contributed by atoms with Gasteiger partial charge >= 0.3 is 6.09 Å². The van der Waals surface area contributed by atoms with Gasteiger partial charge in [0.15, 0.2) is 5.60 Å². The van der Waals surface area contributed by atoms with Gasteiger partial charge in [0.05, 0.1) is 4.88 Å². The van der Waals surface area contributed by atoms with Crippen molar-refractivity contribution in [2.24, 2.45) is 5.73 Å². The first-order valence-corrected chi connectivity index (χ1v) is 13.5. The number of nitrogens with one attached hydrogen (secondary N) is 2. The maximum atomic E-state index is 13.8. The molecule has 2 aromatic carbocycles. The summed E-state index contributed by atoms with van der Waals surface area (Å²) in [4.78, 5) is 28.7. The smallest absolute Gasteiger partial charge is 0.410 e. The van der Waals surface area contributed by atoms with Crippen LogP contribution >= 0.6 is 22.9 Å². The second-order valence-corrected chi connectivity index (χ2v) is 11.5. The predicted octanol–water partition coefficient (Wildman–Crippen LogP) is 6.14. The zero-order valence-corrected chi connectivity index (χ0v) is 23.1. The van der Waals surface area contributed by atoms with E-state index in [1.807, 2.05) is 56.5 Å². The number of carbonyl (C=O) groups is 2. The third-order valence-corrected chi connectivity index (χ3v) is 7.30. The van der Waals surface area contributed by atoms with Gasteiger partial charge in [-0.2, -0.15) is 0 Å². The Bertz CT molecular complexity index is 1330. The Hall–Kier alpha value is -3.56. The normalized spacial score (nSPS) is 15.0. The highest BCUT2D eigenvalue weighted by Gasteiger charge is 2.45. The molecule has 1 fully saturated rings. The topological polar surface area (TPSA) is 118 Å². The van der Waals surface area contributed by atoms with Gasteiger partial charge in [-0.1, -0.05) is 23.7 Å². The minimum atomic E-state index is -1.20. The second-order valence-electron chi connectivity index (χ2n) is 10.2. The molecular weight excluding hydrogens is 524 g/mol. The van der Waals surface area contributed by atoms with E-state index in [1.54, 1.807) is 29.2 Å². The Balaban J connectivity index is 1.55. The van der Waals surface area contributed by atoms with E-state index in [-0.39, 0.29) is 24.6 Å². The molecule has 10 heteroatoms. The number of anilines is 1. The number of carbonyl (C=O) groups excluding carboxylic acids is 2. The van der Waals surface area contributed by atoms with Crippen molar-refractivity contribution in [3.05, 3.63) is 69.9 Å². The van der Waals surface area contributed by atoms with Gasteiger partial charge < -0.3 is 25.4 Å². The molecule has 0 saturated carbocycles. The summed E-state index contributed by atoms with van der Waals surface area (Å²) in [6.07, 6.45) is 0.158. The van der Waals surface area contributed by atoms with E-state index in [2.05, 4.69) is 5.32 Å². The lowest BCUT2D eigenvalue weighted by atomic mass is 9.89. The average molecular weight is 555 g/mol. The quantitative estimate of drug-likeness (QED) is 0.250. The molecule has 4 rings (SSSR count). The van der Waals surface area contributed by atoms with Crippen LogP contribution in [0.4, 0.5) is 10.5 Å². The van der Waals surface area contributed by atoms with E-state index in [1.165, 1.54) is 11.3 Å². The van der Waals surface area contributed by atoms with E-state index in [4.69, 9.17) is 32.2 Å². The zero-order valence-electron chi connectivity index (χ0n) is 21.5. The van der Waals surface area contributed by atoms with Crippen molar-refractivity contribution in [3.8, 4) is 16.9 Å². The van der Waals surface area contributed by atoms with Gasteiger partial charge in [0.1, 0.15) is 17.2 Å². The highest BCUT2D eigenvalue weighted by atomic mass is 35.5. The van der Waals surface area contributed by atoms with Crippen molar-refractivity contribution in [1.82, 2.24) is 4.90 Å². The van der Waals surface area contributed by atoms with Gasteiger partial charge in [-0.3, -0.25) is 10.2 Å². The summed E-state index contributed by atoms with van der Waals surface area (Å²) in [5, 5.41) is 13.2. The number of rotatable bonds is 6. The van der Waals surface area contributed by atoms with E-state index < -0.39 is 17.3 Å². The molecule has 1 aliphatic rings. The summed E-state index contributed by atoms with van der Waals surface area (Å²) in [5.41, 5.74) is 6.21. The monoisotopic (exact) mass is 554 g/mol. The van der Waals surface area contributed by atoms with Crippen molar-refractivity contribution in [2.45, 2.75) is 44.8 Å². The molecule has 0 radical (unpaired) electrons. The predicted molar refractivity (Wildman–Crippen MR) is 151 cm³/mol. The number of thiophene rings is 1. The molecule has 0 bridgehead atoms. The zero-order chi connectivity index (χ0) is 27.5. The first kappa shape index (κ1) is 27.5. The molecule has 1 aliphatic heterocycles. The first-order valence-electron chi connectivity index (χ1n) is 12.2. The van der Waals surface area contributed by atoms with Crippen LogP contribution in [0.25, 0.3) is 11.1 Å². The number of hydrogen-bond acceptors (Lipinski definition) is 6. The molecular formula is C28H31ClN4O4S. The number of nitrogens with two attached hydrogens (primary N) is 1. The molecule has 200 valence electrons. The molecule has 38 heavy (non-hydrogen) atoms. The largest absolute Gasteiger partial charge is 0.477 e. The summed E-state index contributed by atoms with van der Waals surface area (Å²) in [6, 6.07) is 16.2. The summed E-state index contributed by atoms with van der Waals surface area (Å²) in [5.74, 6) is 0.229. The van der Waals surface area contributed by atoms with E-state index in [0.29, 0.717) is 34.4 Å². The maximum absolute atomic E-state index is 13.8. The standard InChI is InChI=1S/C28H31ClN4O4S/c1-27(2,3)37-26(35)33-13-11-28(12-14-33,36-22-9-7-20(29)8-10-22)25(34)32-21-6-4-5-18(15-21)19-16-23(24(30)31)38-17-19/h4-10,15-17H,11-14H2,1-3H3,(H3,30,31)(H,32,34). The van der Waals surface area contributed by atoms with Gasteiger partial charge in [-0.25, -0.2) is 4.79 Å². The van der Waals surface area contributed by atoms with E-state index >= 15 is 0 Å². The SMILES string of the molecule is CC(C)(C)OC(=O)N1CCC(Oc2ccc(Cl)cc2)(C(=O)Nc2cccc(-c3csc(C(=N)N)c3)c2)CC1. The van der Waals surface area contributed by atoms with Gasteiger partial charge in [0.2, 0.25) is 0 Å². The van der Waals surface area contributed by atoms with Gasteiger partial charge in [0.25, 0.3) is 5.91 Å². The number of ether oxygens (including phenoxy) is 2. The van der Waals surface area contributed by atoms with Crippen molar-refractivity contribution < 1.29 is 19.1 Å². The fourth-order valence-corrected chi connectivity index (χ4v) is 5.04. The Morgan fingerprint density at radius 3 is 2.37 bits per heavy atom. The van der Waals surface area contributed by atoms with Gasteiger partial charge in [0, 0.05) is 36.6 Å². The van der Waals surface area contributed by atoms with Crippen LogP contribution in [0.15, 0.2) is 60.0 Å². The third kappa shape index (κ3) is 6.65. The second kappa shape index (κ2) is 11.0. The number of amidine groups is 1. The Kier molecular flexibility index (Phi) is 7.99. The Morgan fingerprint density at radius 2 is 1.76 bits per heavy atom. The minimum absolute atomic E-state index is 0.0183. The molecule has 1 saturated heterocycles. The lowest BCUT2D eigenvalue weighted by Gasteiger charge is -2.40. The van der Waals surface area contributed by atoms with Crippen LogP contribution in [0.3, 0.4) is 0 Å². The number of nitrogens with zero attached hydrogens (tertiary/aromatic N) is 1. The molecule has 2 amide bonds. The van der Waals surface area contributed by atoms with Crippen molar-refractivity contribution in [1.29, 1.82) is 5.41 Å². The number of piperidine rings is 1. The van der Waals surface area contributed by atoms with Crippen LogP contribution in [-0.2, 0) is 9.53 Å². The number of benzene rings is 2. The molecule has 0 atom stereocenters. The average Bonchev–Trinajstić information content (AvgIpc) is 3.36. The number of hydrogen-bond donors (Lipinski definition) is 3. The molecule has 0 aliphatic carbocycles. The highest BCUT2D eigenvalue weighted by Crippen LogP contribution is 2.33. The molecule has 0 unspecified atom stereocenters. The fraction of sp³-hybridized carbons (Fsp3) is 0.321. The van der Waals surface area contributed by atoms with Crippen LogP contribution in [0.1, 0.15) is 38.5 Å². The number of nitrogen functional groups attached to an aromatic ring is 1. The van der Waals surface area contributed by atoms with Crippen LogP contribution in [0.5, 0.6) is 5.75 Å². The lowest BCUT2D eigenvalue weighted by molar-refractivity contribution is -0.135. The van der Waals surface area contributed by atoms with E-state index in [0.717, 1.165) is 11.1 Å². The van der Waals surface area contributed by atoms with Crippen LogP contribution in [0, 0.1) is 5.41 Å².